The summed E-state index contributed by atoms with van der Waals surface area (Å²) in [5.74, 6) is 0. The molecule has 3 nitrogen and oxygen atoms in total. The number of hydrogen-bond acceptors (Lipinski definition) is 2. The van der Waals surface area contributed by atoms with Gasteiger partial charge in [0.15, 0.2) is 0 Å². The molecule has 31 heavy (non-hydrogen) atoms. The van der Waals surface area contributed by atoms with Crippen molar-refractivity contribution < 1.29 is 4.79 Å². The van der Waals surface area contributed by atoms with Gasteiger partial charge in [0, 0.05) is 13.1 Å². The van der Waals surface area contributed by atoms with Crippen LogP contribution in [0.5, 0.6) is 0 Å². The van der Waals surface area contributed by atoms with E-state index >= 15 is 0 Å². The molecule has 0 aromatic carbocycles. The molecule has 0 fully saturated rings. The molecule has 1 N–H and O–H groups in total. The Kier molecular flexibility index (Phi) is 33.0. The van der Waals surface area contributed by atoms with Gasteiger partial charge in [-0.2, -0.15) is 0 Å². The van der Waals surface area contributed by atoms with Gasteiger partial charge in [0.1, 0.15) is 0 Å². The Bertz CT molecular complexity index is 304. The topological polar surface area (TPSA) is 32.3 Å². The second-order valence-corrected chi connectivity index (χ2v) is 9.28. The van der Waals surface area contributed by atoms with Crippen LogP contribution in [0.4, 0.5) is 0 Å². The predicted octanol–water partition coefficient (Wildman–Crippen LogP) is 7.23. The summed E-state index contributed by atoms with van der Waals surface area (Å²) in [7, 11) is 0. The summed E-state index contributed by atoms with van der Waals surface area (Å²) in [6.45, 7) is 8.78. The Labute approximate surface area is 218 Å². The minimum absolute atomic E-state index is 0. The zero-order valence-electron chi connectivity index (χ0n) is 20.9. The fourth-order valence-electron chi connectivity index (χ4n) is 4.26. The number of amides is 1. The average molecular weight is 449 g/mol. The van der Waals surface area contributed by atoms with Crippen LogP contribution in [-0.2, 0) is 4.79 Å². The quantitative estimate of drug-likeness (QED) is 0.0860. The van der Waals surface area contributed by atoms with E-state index in [1.165, 1.54) is 142 Å². The summed E-state index contributed by atoms with van der Waals surface area (Å²) in [6, 6.07) is 0. The Morgan fingerprint density at radius 2 is 0.839 bits per heavy atom. The summed E-state index contributed by atoms with van der Waals surface area (Å²) in [5, 5.41) is 2.83. The molecule has 0 aromatic heterocycles. The van der Waals surface area contributed by atoms with Crippen molar-refractivity contribution in [1.82, 2.24) is 10.2 Å². The van der Waals surface area contributed by atoms with Crippen molar-refractivity contribution in [2.75, 3.05) is 26.2 Å². The molecule has 0 atom stereocenters. The molecule has 0 heterocycles. The van der Waals surface area contributed by atoms with E-state index in [0.29, 0.717) is 0 Å². The molecular formula is C27H57N2NaO. The summed E-state index contributed by atoms with van der Waals surface area (Å²) in [4.78, 5) is 13.1. The monoisotopic (exact) mass is 448 g/mol. The van der Waals surface area contributed by atoms with E-state index in [1.54, 1.807) is 0 Å². The van der Waals surface area contributed by atoms with Crippen LogP contribution >= 0.6 is 0 Å². The Morgan fingerprint density at radius 3 is 1.16 bits per heavy atom. The Morgan fingerprint density at radius 1 is 0.516 bits per heavy atom. The average Bonchev–Trinajstić information content (AvgIpc) is 2.76. The first-order valence-corrected chi connectivity index (χ1v) is 13.7. The number of hydrogen-bond donors (Lipinski definition) is 1. The van der Waals surface area contributed by atoms with Gasteiger partial charge in [-0.25, -0.2) is 0 Å². The van der Waals surface area contributed by atoms with Crippen LogP contribution in [0, 0.1) is 0 Å². The molecule has 0 unspecified atom stereocenters. The Balaban J connectivity index is 0. The number of carbonyl (C=O) groups is 1. The number of carbonyl (C=O) groups excluding carboxylic acids is 1. The third-order valence-electron chi connectivity index (χ3n) is 6.31. The first-order valence-electron chi connectivity index (χ1n) is 13.7. The zero-order valence-corrected chi connectivity index (χ0v) is 20.9. The van der Waals surface area contributed by atoms with Crippen LogP contribution in [0.3, 0.4) is 0 Å². The van der Waals surface area contributed by atoms with Gasteiger partial charge in [0.25, 0.3) is 0 Å². The molecule has 0 aromatic rings. The summed E-state index contributed by atoms with van der Waals surface area (Å²) < 4.78 is 0. The molecule has 182 valence electrons. The number of nitrogens with one attached hydrogen (secondary N) is 1. The second-order valence-electron chi connectivity index (χ2n) is 9.28. The molecule has 0 radical (unpaired) electrons. The summed E-state index contributed by atoms with van der Waals surface area (Å²) >= 11 is 0. The van der Waals surface area contributed by atoms with Gasteiger partial charge >= 0.3 is 29.6 Å². The Hall–Kier alpha value is 0.430. The number of unbranched alkanes of at least 4 members (excludes halogenated alkanes) is 18. The molecular weight excluding hydrogens is 391 g/mol. The van der Waals surface area contributed by atoms with Crippen molar-refractivity contribution in [3.63, 3.8) is 0 Å². The van der Waals surface area contributed by atoms with Crippen LogP contribution in [0.1, 0.15) is 142 Å². The second kappa shape index (κ2) is 30.4. The van der Waals surface area contributed by atoms with Gasteiger partial charge in [-0.15, -0.1) is 0 Å². The molecule has 0 saturated heterocycles. The molecule has 1 amide bonds. The molecule has 0 aliphatic carbocycles. The van der Waals surface area contributed by atoms with E-state index in [2.05, 4.69) is 24.1 Å². The normalized spacial score (nSPS) is 10.9. The van der Waals surface area contributed by atoms with E-state index in [1.807, 2.05) is 0 Å². The maximum atomic E-state index is 10.5. The van der Waals surface area contributed by atoms with Crippen molar-refractivity contribution in [1.29, 1.82) is 0 Å². The van der Waals surface area contributed by atoms with Crippen LogP contribution in [0.2, 0.25) is 0 Å². The van der Waals surface area contributed by atoms with Crippen molar-refractivity contribution >= 4 is 36.0 Å². The van der Waals surface area contributed by atoms with E-state index in [4.69, 9.17) is 0 Å². The summed E-state index contributed by atoms with van der Waals surface area (Å²) in [5.41, 5.74) is 0. The van der Waals surface area contributed by atoms with Gasteiger partial charge in [-0.3, -0.25) is 4.79 Å². The zero-order chi connectivity index (χ0) is 22.0. The predicted molar refractivity (Wildman–Crippen MR) is 141 cm³/mol. The van der Waals surface area contributed by atoms with Crippen LogP contribution < -0.4 is 5.32 Å². The molecule has 0 spiro atoms. The molecule has 0 aliphatic rings. The van der Waals surface area contributed by atoms with E-state index in [0.717, 1.165) is 19.5 Å². The third kappa shape index (κ3) is 28.4. The molecule has 0 saturated carbocycles. The van der Waals surface area contributed by atoms with Gasteiger partial charge in [-0.05, 0) is 25.9 Å². The van der Waals surface area contributed by atoms with E-state index in [9.17, 15) is 4.79 Å². The van der Waals surface area contributed by atoms with Crippen molar-refractivity contribution in [2.24, 2.45) is 0 Å². The van der Waals surface area contributed by atoms with E-state index < -0.39 is 0 Å². The van der Waals surface area contributed by atoms with Crippen LogP contribution in [0.15, 0.2) is 0 Å². The van der Waals surface area contributed by atoms with Gasteiger partial charge < -0.3 is 10.2 Å². The molecule has 4 heteroatoms. The number of rotatable bonds is 26. The SMILES string of the molecule is CCCCCCCCCCCCN(CCCCCCCCCCCC)CCNC=O.[NaH]. The van der Waals surface area contributed by atoms with Crippen LogP contribution in [0.25, 0.3) is 0 Å². The van der Waals surface area contributed by atoms with Crippen molar-refractivity contribution in [3.8, 4) is 0 Å². The van der Waals surface area contributed by atoms with Crippen molar-refractivity contribution in [2.45, 2.75) is 142 Å². The molecule has 0 rings (SSSR count). The maximum absolute atomic E-state index is 10.5. The first-order chi connectivity index (χ1) is 14.8. The standard InChI is InChI=1S/C27H56N2O.Na.H/c1-3-5-7-9-11-13-15-17-19-21-24-29(26-23-28-27-30)25-22-20-18-16-14-12-10-8-6-4-2;;/h27H,3-26H2,1-2H3,(H,28,30);;. The molecule has 0 bridgehead atoms. The van der Waals surface area contributed by atoms with Crippen LogP contribution in [-0.4, -0.2) is 67.0 Å². The van der Waals surface area contributed by atoms with Crippen molar-refractivity contribution in [3.05, 3.63) is 0 Å². The summed E-state index contributed by atoms with van der Waals surface area (Å²) in [6.07, 6.45) is 28.8. The fraction of sp³-hybridized carbons (Fsp3) is 0.963. The third-order valence-corrected chi connectivity index (χ3v) is 6.31. The first kappa shape index (κ1) is 33.6. The van der Waals surface area contributed by atoms with E-state index in [-0.39, 0.29) is 29.6 Å². The minimum atomic E-state index is 0. The fourth-order valence-corrected chi connectivity index (χ4v) is 4.26. The number of nitrogens with zero attached hydrogens (tertiary/aromatic N) is 1. The van der Waals surface area contributed by atoms with Gasteiger partial charge in [-0.1, -0.05) is 129 Å². The van der Waals surface area contributed by atoms with Gasteiger partial charge in [0.05, 0.1) is 0 Å². The van der Waals surface area contributed by atoms with Gasteiger partial charge in [0.2, 0.25) is 6.41 Å². The molecule has 0 aliphatic heterocycles.